The fraction of sp³-hybridized carbons (Fsp3) is 0.227. The van der Waals surface area contributed by atoms with Crippen LogP contribution in [-0.4, -0.2) is 42.4 Å². The van der Waals surface area contributed by atoms with Gasteiger partial charge in [0.2, 0.25) is 5.82 Å². The molecule has 2 aromatic heterocycles. The van der Waals surface area contributed by atoms with Gasteiger partial charge in [-0.3, -0.25) is 9.25 Å². The van der Waals surface area contributed by atoms with E-state index in [1.807, 2.05) is 67.7 Å². The van der Waals surface area contributed by atoms with Gasteiger partial charge in [0.1, 0.15) is 0 Å². The van der Waals surface area contributed by atoms with Crippen LogP contribution in [0.25, 0.3) is 34.2 Å². The van der Waals surface area contributed by atoms with Gasteiger partial charge in [-0.05, 0) is 30.2 Å². The fourth-order valence-electron chi connectivity index (χ4n) is 3.31. The summed E-state index contributed by atoms with van der Waals surface area (Å²) in [6.45, 7) is 1.14. The second kappa shape index (κ2) is 9.58. The summed E-state index contributed by atoms with van der Waals surface area (Å²) in [6, 6.07) is 19.6. The van der Waals surface area contributed by atoms with E-state index in [-0.39, 0.29) is 6.16 Å². The van der Waals surface area contributed by atoms with E-state index in [0.717, 1.165) is 22.4 Å². The van der Waals surface area contributed by atoms with Gasteiger partial charge in [-0.15, -0.1) is 0 Å². The predicted octanol–water partition coefficient (Wildman–Crippen LogP) is 3.46. The van der Waals surface area contributed by atoms with Gasteiger partial charge in [-0.25, -0.2) is 0 Å². The van der Waals surface area contributed by atoms with Crippen molar-refractivity contribution in [1.29, 1.82) is 0 Å². The van der Waals surface area contributed by atoms with Gasteiger partial charge in [0.15, 0.2) is 5.69 Å². The molecule has 9 nitrogen and oxygen atoms in total. The van der Waals surface area contributed by atoms with Crippen molar-refractivity contribution in [3.05, 3.63) is 66.2 Å². The molecule has 10 heteroatoms. The summed E-state index contributed by atoms with van der Waals surface area (Å²) in [7, 11) is -2.05. The van der Waals surface area contributed by atoms with Crippen molar-refractivity contribution in [1.82, 2.24) is 25.2 Å². The smallest absolute Gasteiger partial charge is 0.325 e. The molecule has 0 spiro atoms. The third kappa shape index (κ3) is 5.57. The number of benzene rings is 2. The normalized spacial score (nSPS) is 11.7. The van der Waals surface area contributed by atoms with Gasteiger partial charge in [0.05, 0.1) is 11.9 Å². The van der Waals surface area contributed by atoms with Gasteiger partial charge in [0.25, 0.3) is 5.89 Å². The van der Waals surface area contributed by atoms with Crippen molar-refractivity contribution in [2.75, 3.05) is 12.7 Å². The van der Waals surface area contributed by atoms with Gasteiger partial charge in [-0.2, -0.15) is 10.1 Å². The summed E-state index contributed by atoms with van der Waals surface area (Å²) in [4.78, 5) is 22.2. The van der Waals surface area contributed by atoms with Crippen LogP contribution in [0, 0.1) is 0 Å². The van der Waals surface area contributed by atoms with Crippen molar-refractivity contribution in [3.8, 4) is 34.2 Å². The lowest BCUT2D eigenvalue weighted by Crippen LogP contribution is -2.15. The first-order valence-corrected chi connectivity index (χ1v) is 12.0. The van der Waals surface area contributed by atoms with Gasteiger partial charge >= 0.3 is 7.60 Å². The number of hydrogen-bond donors (Lipinski definition) is 3. The largest absolute Gasteiger partial charge is 0.332 e. The molecule has 0 aliphatic carbocycles. The Morgan fingerprint density at radius 3 is 2.53 bits per heavy atom. The number of rotatable bonds is 9. The molecule has 4 rings (SSSR count). The quantitative estimate of drug-likeness (QED) is 0.260. The van der Waals surface area contributed by atoms with E-state index in [0.29, 0.717) is 36.9 Å². The lowest BCUT2D eigenvalue weighted by Gasteiger charge is -2.06. The van der Waals surface area contributed by atoms with Crippen LogP contribution in [0.3, 0.4) is 0 Å². The molecule has 2 aromatic carbocycles. The van der Waals surface area contributed by atoms with Crippen LogP contribution in [0.4, 0.5) is 0 Å². The third-order valence-corrected chi connectivity index (χ3v) is 5.84. The van der Waals surface area contributed by atoms with E-state index >= 15 is 0 Å². The summed E-state index contributed by atoms with van der Waals surface area (Å²) in [5, 5.41) is 11.8. The first-order chi connectivity index (χ1) is 15.4. The van der Waals surface area contributed by atoms with Crippen LogP contribution in [0.15, 0.2) is 65.2 Å². The van der Waals surface area contributed by atoms with E-state index in [4.69, 9.17) is 14.3 Å². The van der Waals surface area contributed by atoms with Gasteiger partial charge in [-0.1, -0.05) is 59.8 Å². The fourth-order valence-corrected chi connectivity index (χ4v) is 3.88. The number of aromatic nitrogens is 4. The van der Waals surface area contributed by atoms with Crippen molar-refractivity contribution in [2.24, 2.45) is 7.05 Å². The van der Waals surface area contributed by atoms with Crippen LogP contribution in [0.2, 0.25) is 0 Å². The van der Waals surface area contributed by atoms with Gasteiger partial charge in [0, 0.05) is 19.2 Å². The lowest BCUT2D eigenvalue weighted by molar-refractivity contribution is 0.371. The Hall–Kier alpha value is -3.10. The van der Waals surface area contributed by atoms with E-state index in [1.165, 1.54) is 0 Å². The number of hydrogen-bond acceptors (Lipinski definition) is 6. The summed E-state index contributed by atoms with van der Waals surface area (Å²) < 4.78 is 18.1. The Bertz CT molecular complexity index is 1210. The highest BCUT2D eigenvalue weighted by Gasteiger charge is 2.16. The molecular formula is C22H24N5O4P. The Balaban J connectivity index is 1.39. The van der Waals surface area contributed by atoms with Crippen LogP contribution >= 0.6 is 7.60 Å². The highest BCUT2D eigenvalue weighted by atomic mass is 31.2. The number of nitrogens with one attached hydrogen (secondary N) is 1. The highest BCUT2D eigenvalue weighted by molar-refractivity contribution is 7.51. The third-order valence-electron chi connectivity index (χ3n) is 4.94. The van der Waals surface area contributed by atoms with Crippen molar-refractivity contribution in [3.63, 3.8) is 0 Å². The minimum absolute atomic E-state index is 0.109. The topological polar surface area (TPSA) is 126 Å². The van der Waals surface area contributed by atoms with Crippen LogP contribution < -0.4 is 5.32 Å². The van der Waals surface area contributed by atoms with E-state index in [9.17, 15) is 4.57 Å². The van der Waals surface area contributed by atoms with Gasteiger partial charge < -0.3 is 19.6 Å². The first kappa shape index (κ1) is 22.1. The minimum atomic E-state index is -3.92. The summed E-state index contributed by atoms with van der Waals surface area (Å²) in [5.41, 5.74) is 4.49. The van der Waals surface area contributed by atoms with Crippen LogP contribution in [0.1, 0.15) is 12.0 Å². The zero-order valence-corrected chi connectivity index (χ0v) is 18.4. The van der Waals surface area contributed by atoms with E-state index in [1.54, 1.807) is 4.68 Å². The predicted molar refractivity (Wildman–Crippen MR) is 121 cm³/mol. The summed E-state index contributed by atoms with van der Waals surface area (Å²) in [5.74, 6) is 0.835. The zero-order valence-electron chi connectivity index (χ0n) is 17.5. The second-order valence-corrected chi connectivity index (χ2v) is 9.22. The van der Waals surface area contributed by atoms with E-state index < -0.39 is 7.60 Å². The van der Waals surface area contributed by atoms with Crippen molar-refractivity contribution < 1.29 is 18.9 Å². The molecule has 0 unspecified atom stereocenters. The molecule has 0 radical (unpaired) electrons. The Kier molecular flexibility index (Phi) is 6.62. The molecule has 0 aliphatic rings. The molecule has 166 valence electrons. The average molecular weight is 453 g/mol. The van der Waals surface area contributed by atoms with Crippen molar-refractivity contribution in [2.45, 2.75) is 13.0 Å². The Morgan fingerprint density at radius 1 is 1.06 bits per heavy atom. The first-order valence-electron chi connectivity index (χ1n) is 10.2. The molecule has 0 saturated heterocycles. The molecule has 0 atom stereocenters. The molecular weight excluding hydrogens is 429 g/mol. The standard InChI is InChI=1S/C22H24N5O4P/c1-27-20(17-6-3-2-4-7-17)14-19(25-27)22-24-21(26-31-22)18-10-8-16(9-11-18)15-23-12-5-13-32(28,29)30/h2-4,6-11,14,23H,5,12-13,15H2,1H3,(H2,28,29,30). The van der Waals surface area contributed by atoms with Crippen molar-refractivity contribution >= 4 is 7.60 Å². The maximum atomic E-state index is 10.9. The monoisotopic (exact) mass is 453 g/mol. The molecule has 4 aromatic rings. The molecule has 2 heterocycles. The molecule has 0 bridgehead atoms. The Morgan fingerprint density at radius 2 is 1.81 bits per heavy atom. The number of aryl methyl sites for hydroxylation is 1. The zero-order chi connectivity index (χ0) is 22.6. The molecule has 0 saturated carbocycles. The summed E-state index contributed by atoms with van der Waals surface area (Å²) >= 11 is 0. The molecule has 3 N–H and O–H groups in total. The van der Waals surface area contributed by atoms with Crippen LogP contribution in [0.5, 0.6) is 0 Å². The molecule has 32 heavy (non-hydrogen) atoms. The summed E-state index contributed by atoms with van der Waals surface area (Å²) in [6.07, 6.45) is 0.315. The SMILES string of the molecule is Cn1nc(-c2nc(-c3ccc(CNCCCP(=O)(O)O)cc3)no2)cc1-c1ccccc1. The molecule has 0 aliphatic heterocycles. The Labute approximate surface area is 185 Å². The molecule has 0 fully saturated rings. The number of nitrogens with zero attached hydrogens (tertiary/aromatic N) is 4. The highest BCUT2D eigenvalue weighted by Crippen LogP contribution is 2.34. The van der Waals surface area contributed by atoms with Crippen LogP contribution in [-0.2, 0) is 18.2 Å². The molecule has 0 amide bonds. The van der Waals surface area contributed by atoms with E-state index in [2.05, 4.69) is 20.6 Å². The lowest BCUT2D eigenvalue weighted by atomic mass is 10.1. The maximum Gasteiger partial charge on any atom is 0.325 e. The maximum absolute atomic E-state index is 10.9. The second-order valence-electron chi connectivity index (χ2n) is 7.44. The minimum Gasteiger partial charge on any atom is -0.332 e. The average Bonchev–Trinajstić information content (AvgIpc) is 3.41.